The SMILES string of the molecule is CCc1cccc(Cl)c1.Cc1ccccc1Cl. The van der Waals surface area contributed by atoms with Gasteiger partial charge in [0.15, 0.2) is 0 Å². The monoisotopic (exact) mass is 266 g/mol. The van der Waals surface area contributed by atoms with Crippen LogP contribution in [0.2, 0.25) is 10.0 Å². The summed E-state index contributed by atoms with van der Waals surface area (Å²) in [6.45, 7) is 4.11. The molecule has 2 aromatic carbocycles. The second-order valence-electron chi connectivity index (χ2n) is 3.73. The van der Waals surface area contributed by atoms with Crippen molar-refractivity contribution >= 4 is 23.2 Å². The summed E-state index contributed by atoms with van der Waals surface area (Å²) in [5.41, 5.74) is 2.43. The molecule has 0 spiro atoms. The lowest BCUT2D eigenvalue weighted by Crippen LogP contribution is -1.76. The van der Waals surface area contributed by atoms with Crippen LogP contribution in [-0.4, -0.2) is 0 Å². The van der Waals surface area contributed by atoms with Crippen molar-refractivity contribution in [3.63, 3.8) is 0 Å². The van der Waals surface area contributed by atoms with Crippen LogP contribution in [-0.2, 0) is 6.42 Å². The minimum absolute atomic E-state index is 0.828. The summed E-state index contributed by atoms with van der Waals surface area (Å²) >= 11 is 11.4. The van der Waals surface area contributed by atoms with Crippen molar-refractivity contribution in [2.24, 2.45) is 0 Å². The maximum absolute atomic E-state index is 5.72. The maximum atomic E-state index is 5.72. The highest BCUT2D eigenvalue weighted by Gasteiger charge is 1.87. The van der Waals surface area contributed by atoms with Gasteiger partial charge >= 0.3 is 0 Å². The van der Waals surface area contributed by atoms with E-state index in [1.165, 1.54) is 5.56 Å². The standard InChI is InChI=1S/C8H9Cl.C7H7Cl/c1-2-7-4-3-5-8(9)6-7;1-6-4-2-3-5-7(6)8/h3-6H,2H2,1H3;2-5H,1H3. The van der Waals surface area contributed by atoms with Crippen LogP contribution < -0.4 is 0 Å². The van der Waals surface area contributed by atoms with Crippen LogP contribution in [0.5, 0.6) is 0 Å². The summed E-state index contributed by atoms with van der Waals surface area (Å²) in [4.78, 5) is 0. The minimum Gasteiger partial charge on any atom is -0.0843 e. The molecule has 0 radical (unpaired) electrons. The Morgan fingerprint density at radius 2 is 1.65 bits per heavy atom. The lowest BCUT2D eigenvalue weighted by Gasteiger charge is -1.93. The van der Waals surface area contributed by atoms with Crippen LogP contribution in [0.15, 0.2) is 48.5 Å². The van der Waals surface area contributed by atoms with Gasteiger partial charge in [0, 0.05) is 10.0 Å². The lowest BCUT2D eigenvalue weighted by atomic mass is 10.2. The zero-order chi connectivity index (χ0) is 12.7. The topological polar surface area (TPSA) is 0 Å². The average molecular weight is 267 g/mol. The van der Waals surface area contributed by atoms with Crippen molar-refractivity contribution in [1.29, 1.82) is 0 Å². The van der Waals surface area contributed by atoms with E-state index in [9.17, 15) is 0 Å². The first-order valence-corrected chi connectivity index (χ1v) is 6.34. The fourth-order valence-corrected chi connectivity index (χ4v) is 1.66. The molecule has 0 nitrogen and oxygen atoms in total. The Kier molecular flexibility index (Phi) is 6.10. The van der Waals surface area contributed by atoms with E-state index in [0.717, 1.165) is 22.0 Å². The molecular weight excluding hydrogens is 251 g/mol. The highest BCUT2D eigenvalue weighted by molar-refractivity contribution is 6.31. The van der Waals surface area contributed by atoms with Gasteiger partial charge in [0.2, 0.25) is 0 Å². The van der Waals surface area contributed by atoms with Gasteiger partial charge < -0.3 is 0 Å². The van der Waals surface area contributed by atoms with Crippen molar-refractivity contribution in [3.05, 3.63) is 69.7 Å². The summed E-state index contributed by atoms with van der Waals surface area (Å²) in [6, 6.07) is 15.7. The molecule has 0 aliphatic carbocycles. The van der Waals surface area contributed by atoms with Gasteiger partial charge in [0.05, 0.1) is 0 Å². The van der Waals surface area contributed by atoms with Gasteiger partial charge in [-0.15, -0.1) is 0 Å². The van der Waals surface area contributed by atoms with Crippen molar-refractivity contribution in [2.75, 3.05) is 0 Å². The first-order valence-electron chi connectivity index (χ1n) is 5.59. The Balaban J connectivity index is 0.000000171. The predicted molar refractivity (Wildman–Crippen MR) is 77.0 cm³/mol. The van der Waals surface area contributed by atoms with Crippen LogP contribution in [0.4, 0.5) is 0 Å². The molecule has 0 N–H and O–H groups in total. The number of aryl methyl sites for hydroxylation is 2. The second kappa shape index (κ2) is 7.37. The van der Waals surface area contributed by atoms with Gasteiger partial charge in [-0.3, -0.25) is 0 Å². The predicted octanol–water partition coefficient (Wildman–Crippen LogP) is 5.55. The first kappa shape index (κ1) is 14.1. The van der Waals surface area contributed by atoms with Gasteiger partial charge in [-0.05, 0) is 42.7 Å². The third kappa shape index (κ3) is 5.25. The van der Waals surface area contributed by atoms with Crippen LogP contribution in [0, 0.1) is 6.92 Å². The van der Waals surface area contributed by atoms with E-state index in [1.807, 2.05) is 49.4 Å². The second-order valence-corrected chi connectivity index (χ2v) is 4.58. The molecule has 0 unspecified atom stereocenters. The van der Waals surface area contributed by atoms with E-state index in [2.05, 4.69) is 13.0 Å². The maximum Gasteiger partial charge on any atom is 0.0435 e. The zero-order valence-corrected chi connectivity index (χ0v) is 11.6. The number of hydrogen-bond acceptors (Lipinski definition) is 0. The Morgan fingerprint density at radius 3 is 2.06 bits per heavy atom. The molecule has 0 bridgehead atoms. The number of rotatable bonds is 1. The molecule has 0 heterocycles. The summed E-state index contributed by atoms with van der Waals surface area (Å²) < 4.78 is 0. The molecule has 0 aromatic heterocycles. The third-order valence-corrected chi connectivity index (χ3v) is 3.03. The molecule has 90 valence electrons. The van der Waals surface area contributed by atoms with E-state index in [1.54, 1.807) is 0 Å². The van der Waals surface area contributed by atoms with E-state index < -0.39 is 0 Å². The van der Waals surface area contributed by atoms with E-state index in [4.69, 9.17) is 23.2 Å². The fourth-order valence-electron chi connectivity index (χ4n) is 1.31. The first-order chi connectivity index (χ1) is 8.13. The highest BCUT2D eigenvalue weighted by atomic mass is 35.5. The van der Waals surface area contributed by atoms with Crippen LogP contribution in [0.1, 0.15) is 18.1 Å². The molecule has 0 saturated heterocycles. The Bertz CT molecular complexity index is 443. The van der Waals surface area contributed by atoms with Crippen molar-refractivity contribution in [1.82, 2.24) is 0 Å². The van der Waals surface area contributed by atoms with Gasteiger partial charge in [-0.2, -0.15) is 0 Å². The van der Waals surface area contributed by atoms with E-state index in [-0.39, 0.29) is 0 Å². The summed E-state index contributed by atoms with van der Waals surface area (Å²) in [5.74, 6) is 0. The van der Waals surface area contributed by atoms with Crippen molar-refractivity contribution < 1.29 is 0 Å². The number of benzene rings is 2. The highest BCUT2D eigenvalue weighted by Crippen LogP contribution is 2.12. The smallest absolute Gasteiger partial charge is 0.0435 e. The summed E-state index contributed by atoms with van der Waals surface area (Å²) in [5, 5.41) is 1.67. The molecule has 0 saturated carbocycles. The fraction of sp³-hybridized carbons (Fsp3) is 0.200. The molecule has 0 aliphatic heterocycles. The molecule has 2 aromatic rings. The summed E-state index contributed by atoms with van der Waals surface area (Å²) in [6.07, 6.45) is 1.06. The normalized spacial score (nSPS) is 9.41. The Morgan fingerprint density at radius 1 is 0.941 bits per heavy atom. The molecule has 0 fully saturated rings. The quantitative estimate of drug-likeness (QED) is 0.635. The molecule has 0 atom stereocenters. The van der Waals surface area contributed by atoms with Gasteiger partial charge in [-0.1, -0.05) is 60.5 Å². The molecule has 2 rings (SSSR count). The van der Waals surface area contributed by atoms with Gasteiger partial charge in [-0.25, -0.2) is 0 Å². The van der Waals surface area contributed by atoms with Crippen LogP contribution in [0.3, 0.4) is 0 Å². The van der Waals surface area contributed by atoms with Crippen LogP contribution >= 0.6 is 23.2 Å². The number of halogens is 2. The largest absolute Gasteiger partial charge is 0.0843 e. The Hall–Kier alpha value is -0.980. The Labute approximate surface area is 113 Å². The lowest BCUT2D eigenvalue weighted by molar-refractivity contribution is 1.14. The molecular formula is C15H16Cl2. The average Bonchev–Trinajstić information content (AvgIpc) is 2.34. The van der Waals surface area contributed by atoms with Crippen molar-refractivity contribution in [2.45, 2.75) is 20.3 Å². The molecule has 0 aliphatic rings. The minimum atomic E-state index is 0.828. The molecule has 17 heavy (non-hydrogen) atoms. The molecule has 2 heteroatoms. The molecule has 0 amide bonds. The van der Waals surface area contributed by atoms with E-state index in [0.29, 0.717) is 0 Å². The van der Waals surface area contributed by atoms with Crippen molar-refractivity contribution in [3.8, 4) is 0 Å². The zero-order valence-electron chi connectivity index (χ0n) is 10.1. The number of hydrogen-bond donors (Lipinski definition) is 0. The van der Waals surface area contributed by atoms with E-state index >= 15 is 0 Å². The van der Waals surface area contributed by atoms with Gasteiger partial charge in [0.25, 0.3) is 0 Å². The van der Waals surface area contributed by atoms with Gasteiger partial charge in [0.1, 0.15) is 0 Å². The third-order valence-electron chi connectivity index (χ3n) is 2.37. The summed E-state index contributed by atoms with van der Waals surface area (Å²) in [7, 11) is 0. The van der Waals surface area contributed by atoms with Crippen LogP contribution in [0.25, 0.3) is 0 Å².